The number of nitrogens with two attached hydrogens (primary N) is 2. The van der Waals surface area contributed by atoms with E-state index in [1.54, 1.807) is 36.4 Å². The molecule has 0 bridgehead atoms. The highest BCUT2D eigenvalue weighted by atomic mass is 35.5. The minimum atomic E-state index is -0.917. The van der Waals surface area contributed by atoms with E-state index >= 15 is 0 Å². The molecule has 7 heteroatoms. The Bertz CT molecular complexity index is 773. The van der Waals surface area contributed by atoms with Crippen LogP contribution in [0.1, 0.15) is 34.5 Å². The maximum Gasteiger partial charge on any atom is 0.244 e. The van der Waals surface area contributed by atoms with Gasteiger partial charge in [-0.2, -0.15) is 0 Å². The van der Waals surface area contributed by atoms with Crippen LogP contribution in [-0.2, 0) is 11.3 Å². The summed E-state index contributed by atoms with van der Waals surface area (Å²) in [6.45, 7) is 1.66. The van der Waals surface area contributed by atoms with Crippen molar-refractivity contribution in [2.75, 3.05) is 5.32 Å². The topological polar surface area (TPSA) is 98.2 Å². The summed E-state index contributed by atoms with van der Waals surface area (Å²) in [6.07, 6.45) is 0. The predicted octanol–water partition coefficient (Wildman–Crippen LogP) is 3.29. The first-order chi connectivity index (χ1) is 11.3. The van der Waals surface area contributed by atoms with Crippen LogP contribution in [0.25, 0.3) is 0 Å². The molecule has 2 aromatic rings. The Balaban J connectivity index is 2.42. The highest BCUT2D eigenvalue weighted by Gasteiger charge is 2.23. The molecule has 0 aliphatic carbocycles. The monoisotopic (exact) mass is 365 g/mol. The maximum absolute atomic E-state index is 11.9. The molecule has 2 rings (SSSR count). The fraction of sp³-hybridized carbons (Fsp3) is 0.176. The first kappa shape index (κ1) is 18.3. The van der Waals surface area contributed by atoms with E-state index in [0.29, 0.717) is 32.4 Å². The molecule has 0 aromatic heterocycles. The number of ketones is 1. The average Bonchev–Trinajstić information content (AvgIpc) is 2.53. The van der Waals surface area contributed by atoms with Crippen molar-refractivity contribution < 1.29 is 9.59 Å². The van der Waals surface area contributed by atoms with Gasteiger partial charge in [-0.1, -0.05) is 29.3 Å². The average molecular weight is 366 g/mol. The molecule has 1 unspecified atom stereocenters. The van der Waals surface area contributed by atoms with E-state index < -0.39 is 11.9 Å². The Labute approximate surface area is 149 Å². The molecular weight excluding hydrogens is 349 g/mol. The van der Waals surface area contributed by atoms with Gasteiger partial charge in [0.15, 0.2) is 5.78 Å². The molecule has 1 amide bonds. The molecule has 2 aromatic carbocycles. The van der Waals surface area contributed by atoms with E-state index in [-0.39, 0.29) is 12.3 Å². The van der Waals surface area contributed by atoms with Gasteiger partial charge in [-0.25, -0.2) is 0 Å². The van der Waals surface area contributed by atoms with Crippen LogP contribution in [-0.4, -0.2) is 11.7 Å². The number of rotatable bonds is 6. The molecule has 0 aliphatic heterocycles. The van der Waals surface area contributed by atoms with E-state index in [4.69, 9.17) is 34.7 Å². The van der Waals surface area contributed by atoms with Crippen molar-refractivity contribution in [2.45, 2.75) is 19.5 Å². The second kappa shape index (κ2) is 7.66. The van der Waals surface area contributed by atoms with Crippen LogP contribution in [0.3, 0.4) is 0 Å². The van der Waals surface area contributed by atoms with Crippen molar-refractivity contribution >= 4 is 40.6 Å². The highest BCUT2D eigenvalue weighted by molar-refractivity contribution is 6.36. The molecule has 5 nitrogen and oxygen atoms in total. The van der Waals surface area contributed by atoms with Gasteiger partial charge in [0.2, 0.25) is 5.91 Å². The SMILES string of the molecule is CC(=O)c1ccc(NC(C(N)=O)c2c(Cl)cccc2Cl)cc1CN. The molecule has 0 heterocycles. The van der Waals surface area contributed by atoms with Gasteiger partial charge in [0.1, 0.15) is 6.04 Å². The number of nitrogens with one attached hydrogen (secondary N) is 1. The number of carbonyl (C=O) groups excluding carboxylic acids is 2. The zero-order chi connectivity index (χ0) is 17.9. The number of Topliss-reactive ketones (excluding diaryl/α,β-unsaturated/α-hetero) is 1. The van der Waals surface area contributed by atoms with Crippen LogP contribution >= 0.6 is 23.2 Å². The maximum atomic E-state index is 11.9. The fourth-order valence-electron chi connectivity index (χ4n) is 2.43. The van der Waals surface area contributed by atoms with Crippen LogP contribution in [0.5, 0.6) is 0 Å². The number of benzene rings is 2. The Morgan fingerprint density at radius 2 is 1.79 bits per heavy atom. The van der Waals surface area contributed by atoms with Crippen molar-refractivity contribution in [3.63, 3.8) is 0 Å². The van der Waals surface area contributed by atoms with Crippen LogP contribution in [0.4, 0.5) is 5.69 Å². The molecule has 5 N–H and O–H groups in total. The molecular formula is C17H17Cl2N3O2. The molecule has 0 spiro atoms. The lowest BCUT2D eigenvalue weighted by atomic mass is 10.0. The third kappa shape index (κ3) is 3.87. The molecule has 0 saturated carbocycles. The van der Waals surface area contributed by atoms with Crippen LogP contribution in [0.15, 0.2) is 36.4 Å². The summed E-state index contributed by atoms with van der Waals surface area (Å²) < 4.78 is 0. The van der Waals surface area contributed by atoms with Crippen molar-refractivity contribution in [3.05, 3.63) is 63.1 Å². The first-order valence-corrected chi connectivity index (χ1v) is 7.94. The largest absolute Gasteiger partial charge is 0.370 e. The molecule has 126 valence electrons. The zero-order valence-electron chi connectivity index (χ0n) is 13.0. The lowest BCUT2D eigenvalue weighted by molar-refractivity contribution is -0.118. The zero-order valence-corrected chi connectivity index (χ0v) is 14.5. The third-order valence-corrected chi connectivity index (χ3v) is 4.25. The van der Waals surface area contributed by atoms with Gasteiger partial charge in [0.05, 0.1) is 0 Å². The molecule has 1 atom stereocenters. The molecule has 0 fully saturated rings. The number of halogens is 2. The van der Waals surface area contributed by atoms with Gasteiger partial charge in [-0.05, 0) is 42.8 Å². The quantitative estimate of drug-likeness (QED) is 0.683. The Kier molecular flexibility index (Phi) is 5.83. The normalized spacial score (nSPS) is 11.8. The summed E-state index contributed by atoms with van der Waals surface area (Å²) >= 11 is 12.3. The third-order valence-electron chi connectivity index (χ3n) is 3.59. The fourth-order valence-corrected chi connectivity index (χ4v) is 3.05. The molecule has 0 aliphatic rings. The van der Waals surface area contributed by atoms with Crippen molar-refractivity contribution in [3.8, 4) is 0 Å². The minimum Gasteiger partial charge on any atom is -0.370 e. The van der Waals surface area contributed by atoms with E-state index in [1.807, 2.05) is 0 Å². The number of anilines is 1. The standard InChI is InChI=1S/C17H17Cl2N3O2/c1-9(23)12-6-5-11(7-10(12)8-20)22-16(17(21)24)15-13(18)3-2-4-14(15)19/h2-7,16,22H,8,20H2,1H3,(H2,21,24). The summed E-state index contributed by atoms with van der Waals surface area (Å²) in [5.74, 6) is -0.711. The van der Waals surface area contributed by atoms with Gasteiger partial charge >= 0.3 is 0 Å². The van der Waals surface area contributed by atoms with E-state index in [2.05, 4.69) is 5.32 Å². The van der Waals surface area contributed by atoms with Gasteiger partial charge in [-0.15, -0.1) is 0 Å². The minimum absolute atomic E-state index is 0.0809. The summed E-state index contributed by atoms with van der Waals surface area (Å²) in [7, 11) is 0. The van der Waals surface area contributed by atoms with Gasteiger partial charge in [-0.3, -0.25) is 9.59 Å². The molecule has 0 saturated heterocycles. The first-order valence-electron chi connectivity index (χ1n) is 7.18. The summed E-state index contributed by atoms with van der Waals surface area (Å²) in [5, 5.41) is 3.67. The number of hydrogen-bond donors (Lipinski definition) is 3. The number of hydrogen-bond acceptors (Lipinski definition) is 4. The van der Waals surface area contributed by atoms with Crippen LogP contribution < -0.4 is 16.8 Å². The number of amides is 1. The van der Waals surface area contributed by atoms with Gasteiger partial charge in [0.25, 0.3) is 0 Å². The van der Waals surface area contributed by atoms with E-state index in [1.165, 1.54) is 6.92 Å². The lowest BCUT2D eigenvalue weighted by Gasteiger charge is -2.20. The molecule has 24 heavy (non-hydrogen) atoms. The summed E-state index contributed by atoms with van der Waals surface area (Å²) in [5.41, 5.74) is 13.4. The second-order valence-electron chi connectivity index (χ2n) is 5.25. The number of primary amides is 1. The van der Waals surface area contributed by atoms with Crippen molar-refractivity contribution in [1.82, 2.24) is 0 Å². The number of carbonyl (C=O) groups is 2. The Morgan fingerprint density at radius 1 is 1.17 bits per heavy atom. The second-order valence-corrected chi connectivity index (χ2v) is 6.06. The Hall–Kier alpha value is -2.08. The summed E-state index contributed by atoms with van der Waals surface area (Å²) in [6, 6.07) is 9.06. The van der Waals surface area contributed by atoms with Crippen LogP contribution in [0, 0.1) is 0 Å². The lowest BCUT2D eigenvalue weighted by Crippen LogP contribution is -2.28. The smallest absolute Gasteiger partial charge is 0.244 e. The van der Waals surface area contributed by atoms with E-state index in [0.717, 1.165) is 0 Å². The van der Waals surface area contributed by atoms with Crippen molar-refractivity contribution in [1.29, 1.82) is 0 Å². The highest BCUT2D eigenvalue weighted by Crippen LogP contribution is 2.32. The Morgan fingerprint density at radius 3 is 2.29 bits per heavy atom. The van der Waals surface area contributed by atoms with Gasteiger partial charge < -0.3 is 16.8 Å². The predicted molar refractivity (Wildman–Crippen MR) is 96.4 cm³/mol. The summed E-state index contributed by atoms with van der Waals surface area (Å²) in [4.78, 5) is 23.5. The van der Waals surface area contributed by atoms with Crippen molar-refractivity contribution in [2.24, 2.45) is 11.5 Å². The van der Waals surface area contributed by atoms with Gasteiger partial charge in [0, 0.05) is 33.4 Å². The van der Waals surface area contributed by atoms with E-state index in [9.17, 15) is 9.59 Å². The molecule has 0 radical (unpaired) electrons. The van der Waals surface area contributed by atoms with Crippen LogP contribution in [0.2, 0.25) is 10.0 Å².